The monoisotopic (exact) mass is 239 g/mol. The van der Waals surface area contributed by atoms with Gasteiger partial charge in [0.25, 0.3) is 0 Å². The van der Waals surface area contributed by atoms with E-state index in [0.29, 0.717) is 18.1 Å². The van der Waals surface area contributed by atoms with Gasteiger partial charge < -0.3 is 0 Å². The average molecular weight is 239 g/mol. The lowest BCUT2D eigenvalue weighted by Crippen LogP contribution is -2.04. The Hall–Kier alpha value is -1.70. The van der Waals surface area contributed by atoms with Gasteiger partial charge in [-0.3, -0.25) is 9.78 Å². The number of hydrogen-bond donors (Lipinski definition) is 0. The molecule has 1 heterocycles. The summed E-state index contributed by atoms with van der Waals surface area (Å²) in [6.45, 7) is 0. The minimum atomic E-state index is 0.382. The molecule has 0 bridgehead atoms. The van der Waals surface area contributed by atoms with Gasteiger partial charge in [-0.1, -0.05) is 24.6 Å². The lowest BCUT2D eigenvalue weighted by molar-refractivity contribution is -0.119. The maximum absolute atomic E-state index is 11.8. The van der Waals surface area contributed by atoms with E-state index in [9.17, 15) is 4.79 Å². The molecule has 1 atom stereocenters. The number of carbonyl (C=O) groups excluding carboxylic acids is 1. The Morgan fingerprint density at radius 1 is 1.11 bits per heavy atom. The fourth-order valence-corrected chi connectivity index (χ4v) is 2.94. The van der Waals surface area contributed by atoms with Crippen LogP contribution < -0.4 is 0 Å². The van der Waals surface area contributed by atoms with E-state index in [-0.39, 0.29) is 0 Å². The molecule has 1 unspecified atom stereocenters. The van der Waals surface area contributed by atoms with Gasteiger partial charge in [-0.05, 0) is 36.5 Å². The van der Waals surface area contributed by atoms with Gasteiger partial charge in [0.1, 0.15) is 5.78 Å². The van der Waals surface area contributed by atoms with Crippen molar-refractivity contribution in [2.24, 2.45) is 0 Å². The minimum absolute atomic E-state index is 0.382. The normalized spacial score (nSPS) is 20.9. The lowest BCUT2D eigenvalue weighted by atomic mass is 9.89. The van der Waals surface area contributed by atoms with E-state index in [1.54, 1.807) is 0 Å². The summed E-state index contributed by atoms with van der Waals surface area (Å²) in [6.07, 6.45) is 6.63. The van der Waals surface area contributed by atoms with Crippen LogP contribution in [0, 0.1) is 0 Å². The SMILES string of the molecule is O=C1CCCCC(c2cccc3ncccc23)C1. The van der Waals surface area contributed by atoms with Crippen LogP contribution in [-0.2, 0) is 4.79 Å². The van der Waals surface area contributed by atoms with Crippen LogP contribution in [-0.4, -0.2) is 10.8 Å². The molecule has 0 amide bonds. The number of carbonyl (C=O) groups is 1. The van der Waals surface area contributed by atoms with Gasteiger partial charge in [0.15, 0.2) is 0 Å². The number of nitrogens with zero attached hydrogens (tertiary/aromatic N) is 1. The molecule has 1 aliphatic rings. The fraction of sp³-hybridized carbons (Fsp3) is 0.375. The van der Waals surface area contributed by atoms with Crippen molar-refractivity contribution >= 4 is 16.7 Å². The highest BCUT2D eigenvalue weighted by molar-refractivity contribution is 5.85. The Kier molecular flexibility index (Phi) is 3.09. The second-order valence-corrected chi connectivity index (χ2v) is 5.10. The minimum Gasteiger partial charge on any atom is -0.300 e. The van der Waals surface area contributed by atoms with Gasteiger partial charge >= 0.3 is 0 Å². The number of benzene rings is 1. The Bertz CT molecular complexity index is 571. The van der Waals surface area contributed by atoms with E-state index >= 15 is 0 Å². The van der Waals surface area contributed by atoms with Crippen molar-refractivity contribution in [3.8, 4) is 0 Å². The number of hydrogen-bond acceptors (Lipinski definition) is 2. The van der Waals surface area contributed by atoms with E-state index in [2.05, 4.69) is 23.2 Å². The zero-order chi connectivity index (χ0) is 12.4. The summed E-state index contributed by atoms with van der Waals surface area (Å²) in [6, 6.07) is 10.3. The van der Waals surface area contributed by atoms with Crippen LogP contribution in [0.1, 0.15) is 43.6 Å². The predicted molar refractivity (Wildman–Crippen MR) is 72.6 cm³/mol. The molecule has 0 N–H and O–H groups in total. The Balaban J connectivity index is 2.05. The molecular weight excluding hydrogens is 222 g/mol. The van der Waals surface area contributed by atoms with Gasteiger partial charge in [-0.15, -0.1) is 0 Å². The van der Waals surface area contributed by atoms with Crippen molar-refractivity contribution in [3.63, 3.8) is 0 Å². The summed E-state index contributed by atoms with van der Waals surface area (Å²) >= 11 is 0. The van der Waals surface area contributed by atoms with Crippen molar-refractivity contribution in [1.82, 2.24) is 4.98 Å². The zero-order valence-electron chi connectivity index (χ0n) is 10.4. The van der Waals surface area contributed by atoms with E-state index < -0.39 is 0 Å². The predicted octanol–water partition coefficient (Wildman–Crippen LogP) is 3.85. The maximum Gasteiger partial charge on any atom is 0.133 e. The van der Waals surface area contributed by atoms with E-state index in [1.807, 2.05) is 18.3 Å². The van der Waals surface area contributed by atoms with Gasteiger partial charge in [0.05, 0.1) is 5.52 Å². The van der Waals surface area contributed by atoms with Gasteiger partial charge in [-0.25, -0.2) is 0 Å². The third-order valence-electron chi connectivity index (χ3n) is 3.85. The highest BCUT2D eigenvalue weighted by Crippen LogP contribution is 2.33. The first kappa shape index (κ1) is 11.4. The topological polar surface area (TPSA) is 30.0 Å². The average Bonchev–Trinajstić information content (AvgIpc) is 2.63. The van der Waals surface area contributed by atoms with Crippen LogP contribution in [0.5, 0.6) is 0 Å². The highest BCUT2D eigenvalue weighted by Gasteiger charge is 2.20. The van der Waals surface area contributed by atoms with Gasteiger partial charge in [-0.2, -0.15) is 0 Å². The molecule has 2 heteroatoms. The van der Waals surface area contributed by atoms with E-state index in [4.69, 9.17) is 0 Å². The van der Waals surface area contributed by atoms with Crippen molar-refractivity contribution in [2.45, 2.75) is 38.0 Å². The number of rotatable bonds is 1. The van der Waals surface area contributed by atoms with Crippen LogP contribution in [0.25, 0.3) is 10.9 Å². The van der Waals surface area contributed by atoms with Gasteiger partial charge in [0.2, 0.25) is 0 Å². The molecule has 3 rings (SSSR count). The first-order valence-electron chi connectivity index (χ1n) is 6.70. The van der Waals surface area contributed by atoms with E-state index in [0.717, 1.165) is 31.2 Å². The maximum atomic E-state index is 11.8. The molecule has 1 saturated carbocycles. The summed E-state index contributed by atoms with van der Waals surface area (Å²) in [7, 11) is 0. The molecule has 92 valence electrons. The smallest absolute Gasteiger partial charge is 0.133 e. The first-order valence-corrected chi connectivity index (χ1v) is 6.70. The zero-order valence-corrected chi connectivity index (χ0v) is 10.4. The number of ketones is 1. The molecule has 2 aromatic rings. The summed E-state index contributed by atoms with van der Waals surface area (Å²) < 4.78 is 0. The molecule has 1 aromatic carbocycles. The quantitative estimate of drug-likeness (QED) is 0.707. The Morgan fingerprint density at radius 3 is 3.00 bits per heavy atom. The van der Waals surface area contributed by atoms with Gasteiger partial charge in [0, 0.05) is 24.4 Å². The second-order valence-electron chi connectivity index (χ2n) is 5.10. The first-order chi connectivity index (χ1) is 8.84. The van der Waals surface area contributed by atoms with Crippen molar-refractivity contribution < 1.29 is 4.79 Å². The third kappa shape index (κ3) is 2.15. The standard InChI is InChI=1S/C16H17NO/c18-13-6-2-1-5-12(11-13)14-7-3-9-16-15(14)8-4-10-17-16/h3-4,7-10,12H,1-2,5-6,11H2. The third-order valence-corrected chi connectivity index (χ3v) is 3.85. The molecule has 0 saturated heterocycles. The molecule has 0 radical (unpaired) electrons. The van der Waals surface area contributed by atoms with Crippen LogP contribution in [0.15, 0.2) is 36.5 Å². The highest BCUT2D eigenvalue weighted by atomic mass is 16.1. The number of pyridine rings is 1. The second kappa shape index (κ2) is 4.89. The van der Waals surface area contributed by atoms with Crippen LogP contribution in [0.2, 0.25) is 0 Å². The summed E-state index contributed by atoms with van der Waals surface area (Å²) in [5.74, 6) is 0.797. The Labute approximate surface area is 107 Å². The molecule has 1 aromatic heterocycles. The number of Topliss-reactive ketones (excluding diaryl/α,β-unsaturated/α-hetero) is 1. The lowest BCUT2D eigenvalue weighted by Gasteiger charge is -2.16. The molecular formula is C16H17NO. The Morgan fingerprint density at radius 2 is 2.06 bits per heavy atom. The summed E-state index contributed by atoms with van der Waals surface area (Å²) in [4.78, 5) is 16.2. The molecule has 1 aliphatic carbocycles. The summed E-state index contributed by atoms with van der Waals surface area (Å²) in [5, 5.41) is 1.21. The fourth-order valence-electron chi connectivity index (χ4n) is 2.94. The van der Waals surface area contributed by atoms with Crippen molar-refractivity contribution in [2.75, 3.05) is 0 Å². The molecule has 18 heavy (non-hydrogen) atoms. The molecule has 0 spiro atoms. The largest absolute Gasteiger partial charge is 0.300 e. The number of aromatic nitrogens is 1. The molecule has 0 aliphatic heterocycles. The van der Waals surface area contributed by atoms with Crippen LogP contribution >= 0.6 is 0 Å². The van der Waals surface area contributed by atoms with E-state index in [1.165, 1.54) is 10.9 Å². The molecule has 1 fully saturated rings. The summed E-state index contributed by atoms with van der Waals surface area (Å²) in [5.41, 5.74) is 2.34. The van der Waals surface area contributed by atoms with Crippen molar-refractivity contribution in [1.29, 1.82) is 0 Å². The van der Waals surface area contributed by atoms with Crippen LogP contribution in [0.3, 0.4) is 0 Å². The molecule has 2 nitrogen and oxygen atoms in total. The number of fused-ring (bicyclic) bond motifs is 1. The van der Waals surface area contributed by atoms with Crippen molar-refractivity contribution in [3.05, 3.63) is 42.1 Å². The van der Waals surface area contributed by atoms with Crippen LogP contribution in [0.4, 0.5) is 0 Å².